The number of nitrogens with one attached hydrogen (secondary N) is 1. The van der Waals surface area contributed by atoms with Gasteiger partial charge in [0.2, 0.25) is 5.88 Å². The van der Waals surface area contributed by atoms with Crippen LogP contribution >= 0.6 is 0 Å². The molecule has 3 aromatic rings. The van der Waals surface area contributed by atoms with Crippen LogP contribution in [0.25, 0.3) is 5.82 Å². The molecular formula is C15H17N7O2. The molecule has 0 saturated carbocycles. The average molecular weight is 327 g/mol. The molecule has 3 rings (SSSR count). The maximum absolute atomic E-state index is 12.4. The van der Waals surface area contributed by atoms with Gasteiger partial charge in [-0.15, -0.1) is 5.10 Å². The van der Waals surface area contributed by atoms with Crippen molar-refractivity contribution in [2.45, 2.75) is 13.8 Å². The van der Waals surface area contributed by atoms with Gasteiger partial charge >= 0.3 is 0 Å². The lowest BCUT2D eigenvalue weighted by atomic mass is 10.3. The summed E-state index contributed by atoms with van der Waals surface area (Å²) >= 11 is 0. The first-order chi connectivity index (χ1) is 11.5. The summed E-state index contributed by atoms with van der Waals surface area (Å²) < 4.78 is 8.30. The van der Waals surface area contributed by atoms with Crippen molar-refractivity contribution in [3.63, 3.8) is 0 Å². The van der Waals surface area contributed by atoms with Crippen molar-refractivity contribution in [1.29, 1.82) is 0 Å². The highest BCUT2D eigenvalue weighted by atomic mass is 16.5. The summed E-state index contributed by atoms with van der Waals surface area (Å²) in [5.41, 5.74) is 2.15. The lowest BCUT2D eigenvalue weighted by molar-refractivity contribution is 0.102. The van der Waals surface area contributed by atoms with Gasteiger partial charge in [-0.05, 0) is 19.9 Å². The molecule has 3 aromatic heterocycles. The Balaban J connectivity index is 1.87. The number of aryl methyl sites for hydroxylation is 3. The summed E-state index contributed by atoms with van der Waals surface area (Å²) in [4.78, 5) is 20.7. The zero-order valence-corrected chi connectivity index (χ0v) is 13.8. The van der Waals surface area contributed by atoms with Crippen LogP contribution in [0.15, 0.2) is 24.7 Å². The van der Waals surface area contributed by atoms with Crippen LogP contribution < -0.4 is 10.1 Å². The highest BCUT2D eigenvalue weighted by molar-refractivity contribution is 6.05. The monoisotopic (exact) mass is 327 g/mol. The van der Waals surface area contributed by atoms with Gasteiger partial charge in [0.25, 0.3) is 5.91 Å². The lowest BCUT2D eigenvalue weighted by Gasteiger charge is -2.07. The van der Waals surface area contributed by atoms with Gasteiger partial charge in [-0.25, -0.2) is 14.6 Å². The molecule has 0 saturated heterocycles. The number of methoxy groups -OCH3 is 1. The van der Waals surface area contributed by atoms with Crippen LogP contribution in [-0.2, 0) is 7.05 Å². The second kappa shape index (κ2) is 6.11. The SMILES string of the molecule is COc1nn(C)cc1C(=O)Nc1cc(-n2nc(C)cc2C)ncn1. The molecular weight excluding hydrogens is 310 g/mol. The Bertz CT molecular complexity index is 897. The van der Waals surface area contributed by atoms with Crippen LogP contribution in [-0.4, -0.2) is 42.5 Å². The van der Waals surface area contributed by atoms with E-state index >= 15 is 0 Å². The minimum atomic E-state index is -0.363. The number of carbonyl (C=O) groups excluding carboxylic acids is 1. The second-order valence-corrected chi connectivity index (χ2v) is 5.28. The Morgan fingerprint density at radius 2 is 2.00 bits per heavy atom. The zero-order chi connectivity index (χ0) is 17.3. The number of rotatable bonds is 4. The van der Waals surface area contributed by atoms with Crippen molar-refractivity contribution in [3.8, 4) is 11.7 Å². The van der Waals surface area contributed by atoms with Gasteiger partial charge in [-0.3, -0.25) is 9.48 Å². The predicted octanol–water partition coefficient (Wildman–Crippen LogP) is 1.27. The smallest absolute Gasteiger partial charge is 0.263 e. The number of carbonyl (C=O) groups is 1. The Morgan fingerprint density at radius 3 is 2.67 bits per heavy atom. The quantitative estimate of drug-likeness (QED) is 0.775. The highest BCUT2D eigenvalue weighted by Gasteiger charge is 2.17. The number of ether oxygens (including phenoxy) is 1. The van der Waals surface area contributed by atoms with E-state index in [0.29, 0.717) is 17.2 Å². The first kappa shape index (κ1) is 15.7. The Labute approximate surface area is 138 Å². The van der Waals surface area contributed by atoms with Gasteiger partial charge in [-0.1, -0.05) is 0 Å². The molecule has 3 heterocycles. The van der Waals surface area contributed by atoms with E-state index in [1.807, 2.05) is 19.9 Å². The van der Waals surface area contributed by atoms with E-state index in [1.54, 1.807) is 24.0 Å². The normalized spacial score (nSPS) is 10.7. The number of amides is 1. The van der Waals surface area contributed by atoms with E-state index in [4.69, 9.17) is 4.74 Å². The molecule has 0 spiro atoms. The molecule has 0 aliphatic heterocycles. The van der Waals surface area contributed by atoms with Crippen LogP contribution in [0.1, 0.15) is 21.7 Å². The van der Waals surface area contributed by atoms with Crippen LogP contribution in [0.5, 0.6) is 5.88 Å². The van der Waals surface area contributed by atoms with Crippen molar-refractivity contribution < 1.29 is 9.53 Å². The summed E-state index contributed by atoms with van der Waals surface area (Å²) in [5, 5.41) is 11.1. The first-order valence-electron chi connectivity index (χ1n) is 7.22. The molecule has 0 unspecified atom stereocenters. The van der Waals surface area contributed by atoms with Crippen molar-refractivity contribution in [3.05, 3.63) is 41.6 Å². The maximum atomic E-state index is 12.4. The van der Waals surface area contributed by atoms with Crippen LogP contribution in [0.2, 0.25) is 0 Å². The molecule has 0 bridgehead atoms. The second-order valence-electron chi connectivity index (χ2n) is 5.28. The molecule has 1 amide bonds. The summed E-state index contributed by atoms with van der Waals surface area (Å²) in [5.74, 6) is 0.827. The number of hydrogen-bond acceptors (Lipinski definition) is 6. The third kappa shape index (κ3) is 2.96. The molecule has 24 heavy (non-hydrogen) atoms. The fraction of sp³-hybridized carbons (Fsp3) is 0.267. The van der Waals surface area contributed by atoms with E-state index in [1.165, 1.54) is 18.1 Å². The molecule has 0 radical (unpaired) electrons. The average Bonchev–Trinajstić information content (AvgIpc) is 3.09. The molecule has 9 heteroatoms. The number of hydrogen-bond donors (Lipinski definition) is 1. The molecule has 1 N–H and O–H groups in total. The fourth-order valence-corrected chi connectivity index (χ4v) is 2.35. The molecule has 9 nitrogen and oxygen atoms in total. The van der Waals surface area contributed by atoms with Gasteiger partial charge < -0.3 is 10.1 Å². The van der Waals surface area contributed by atoms with E-state index in [0.717, 1.165) is 11.4 Å². The van der Waals surface area contributed by atoms with Crippen molar-refractivity contribution in [1.82, 2.24) is 29.5 Å². The topological polar surface area (TPSA) is 99.8 Å². The Hall–Kier alpha value is -3.23. The number of anilines is 1. The van der Waals surface area contributed by atoms with Crippen molar-refractivity contribution in [2.24, 2.45) is 7.05 Å². The standard InChI is InChI=1S/C15H17N7O2/c1-9-5-10(2)22(19-9)13-6-12(16-8-17-13)18-14(23)11-7-21(3)20-15(11)24-4/h5-8H,1-4H3,(H,16,17,18,23). The van der Waals surface area contributed by atoms with Crippen LogP contribution in [0.3, 0.4) is 0 Å². The molecule has 0 aromatic carbocycles. The lowest BCUT2D eigenvalue weighted by Crippen LogP contribution is -2.14. The Morgan fingerprint density at radius 1 is 1.21 bits per heavy atom. The molecule has 0 aliphatic carbocycles. The first-order valence-corrected chi connectivity index (χ1v) is 7.22. The van der Waals surface area contributed by atoms with E-state index in [9.17, 15) is 4.79 Å². The number of aromatic nitrogens is 6. The number of nitrogens with zero attached hydrogens (tertiary/aromatic N) is 6. The van der Waals surface area contributed by atoms with Gasteiger partial charge in [0, 0.05) is 25.0 Å². The molecule has 0 atom stereocenters. The van der Waals surface area contributed by atoms with Gasteiger partial charge in [0.15, 0.2) is 5.82 Å². The minimum absolute atomic E-state index is 0.253. The maximum Gasteiger partial charge on any atom is 0.263 e. The predicted molar refractivity (Wildman–Crippen MR) is 86.3 cm³/mol. The zero-order valence-electron chi connectivity index (χ0n) is 13.8. The third-order valence-electron chi connectivity index (χ3n) is 3.35. The summed E-state index contributed by atoms with van der Waals surface area (Å²) in [6.45, 7) is 3.84. The van der Waals surface area contributed by atoms with Crippen LogP contribution in [0.4, 0.5) is 5.82 Å². The summed E-state index contributed by atoms with van der Waals surface area (Å²) in [6.07, 6.45) is 2.96. The van der Waals surface area contributed by atoms with E-state index in [-0.39, 0.29) is 11.8 Å². The largest absolute Gasteiger partial charge is 0.479 e. The van der Waals surface area contributed by atoms with Crippen molar-refractivity contribution >= 4 is 11.7 Å². The summed E-state index contributed by atoms with van der Waals surface area (Å²) in [7, 11) is 3.18. The molecule has 0 aliphatic rings. The molecule has 0 fully saturated rings. The summed E-state index contributed by atoms with van der Waals surface area (Å²) in [6, 6.07) is 3.60. The highest BCUT2D eigenvalue weighted by Crippen LogP contribution is 2.17. The van der Waals surface area contributed by atoms with Gasteiger partial charge in [-0.2, -0.15) is 5.10 Å². The molecule has 124 valence electrons. The van der Waals surface area contributed by atoms with E-state index in [2.05, 4.69) is 25.5 Å². The fourth-order valence-electron chi connectivity index (χ4n) is 2.35. The van der Waals surface area contributed by atoms with Crippen LogP contribution in [0, 0.1) is 13.8 Å². The van der Waals surface area contributed by atoms with Crippen molar-refractivity contribution in [2.75, 3.05) is 12.4 Å². The van der Waals surface area contributed by atoms with E-state index < -0.39 is 0 Å². The minimum Gasteiger partial charge on any atom is -0.479 e. The van der Waals surface area contributed by atoms with Gasteiger partial charge in [0.1, 0.15) is 17.7 Å². The van der Waals surface area contributed by atoms with Gasteiger partial charge in [0.05, 0.1) is 12.8 Å². The Kier molecular flexibility index (Phi) is 3.98. The third-order valence-corrected chi connectivity index (χ3v) is 3.35.